The Morgan fingerprint density at radius 2 is 0.571 bits per heavy atom. The zero-order valence-electron chi connectivity index (χ0n) is 40.5. The highest BCUT2D eigenvalue weighted by Gasteiger charge is 3.04. The molecule has 0 unspecified atom stereocenters. The number of esters is 1. The molecule has 0 saturated carbocycles. The molecule has 0 aliphatic heterocycles. The van der Waals surface area contributed by atoms with Gasteiger partial charge >= 0.3 is 142 Å². The third-order valence-corrected chi connectivity index (χ3v) is 11.6. The molecule has 1 aromatic rings. The molecular weight excluding hydrogens is 1450 g/mol. The maximum Gasteiger partial charge on any atom is 0.460 e. The zero-order chi connectivity index (χ0) is 74.2. The van der Waals surface area contributed by atoms with E-state index in [1.54, 1.807) is 0 Å². The van der Waals surface area contributed by atoms with Crippen LogP contribution in [0.2, 0.25) is 0 Å². The fourth-order valence-corrected chi connectivity index (χ4v) is 6.23. The van der Waals surface area contributed by atoms with E-state index in [0.717, 1.165) is 5.32 Å². The standard InChI is InChI=1S/C36H10F47N3O5/c1-7-11(13(90)86-6-91-8(2)89)9(3-10(84-4-87)12(7)85-5-88)14(37,38)15(39,40)16(41,42)17(43,44)18(45,46)19(47,48)20(49,50)21(51,52)22(53,54)23(55,56)24(57,58)25(59,60)26(61,62)27(63,64)28(65,66)29(67,68)30(69,70)31(71,72)32(73,74)33(75,76)34(77,78)35(79,80)36(81,82)83/h3H,6H2,1-2H3,(H,86,90). The molecule has 0 bridgehead atoms. The third-order valence-electron chi connectivity index (χ3n) is 11.6. The van der Waals surface area contributed by atoms with Gasteiger partial charge in [-0.1, -0.05) is 0 Å². The Bertz CT molecular complexity index is 3030. The number of halogens is 47. The van der Waals surface area contributed by atoms with Gasteiger partial charge in [0.05, 0.1) is 5.56 Å². The average molecular weight is 1460 g/mol. The first-order valence-electron chi connectivity index (χ1n) is 20.3. The van der Waals surface area contributed by atoms with E-state index in [0.29, 0.717) is 13.0 Å². The monoisotopic (exact) mass is 1460 g/mol. The lowest BCUT2D eigenvalue weighted by atomic mass is 9.81. The van der Waals surface area contributed by atoms with E-state index in [1.165, 1.54) is 0 Å². The predicted molar refractivity (Wildman–Crippen MR) is 185 cm³/mol. The molecule has 1 rings (SSSR count). The van der Waals surface area contributed by atoms with Crippen LogP contribution in [0.15, 0.2) is 16.1 Å². The van der Waals surface area contributed by atoms with Crippen molar-refractivity contribution < 1.29 is 230 Å². The molecule has 1 amide bonds. The number of amides is 1. The Kier molecular flexibility index (Phi) is 20.1. The van der Waals surface area contributed by atoms with E-state index in [1.807, 2.05) is 0 Å². The molecule has 0 atom stereocenters. The molecule has 0 aromatic heterocycles. The van der Waals surface area contributed by atoms with Gasteiger partial charge in [0.2, 0.25) is 12.2 Å². The van der Waals surface area contributed by atoms with Crippen molar-refractivity contribution >= 4 is 35.4 Å². The summed E-state index contributed by atoms with van der Waals surface area (Å²) in [5, 5.41) is 0.998. The van der Waals surface area contributed by atoms with Crippen LogP contribution in [0.1, 0.15) is 28.4 Å². The maximum absolute atomic E-state index is 15.7. The van der Waals surface area contributed by atoms with Gasteiger partial charge in [0.25, 0.3) is 5.91 Å². The minimum Gasteiger partial charge on any atom is -0.445 e. The summed E-state index contributed by atoms with van der Waals surface area (Å²) in [5.74, 6) is -232. The highest BCUT2D eigenvalue weighted by Crippen LogP contribution is 2.73. The number of ether oxygens (including phenoxy) is 1. The summed E-state index contributed by atoms with van der Waals surface area (Å²) in [6.07, 6.45) is -8.05. The SMILES string of the molecule is CC(=O)OCNC(=O)c1c(C(F)(F)C(F)(F)C(F)(F)C(F)(F)C(F)(F)C(F)(F)C(F)(F)C(F)(F)C(F)(F)C(F)(F)C(F)(F)C(F)(F)C(F)(F)C(F)(F)C(F)(F)C(F)(F)C(F)(F)C(F)(F)C(F)(F)C(F)(F)C(F)(F)C(F)(F)C(F)(F)F)cc(N=C=O)c(N=C=O)c1C. The van der Waals surface area contributed by atoms with Crippen LogP contribution in [0.4, 0.5) is 218 Å². The van der Waals surface area contributed by atoms with E-state index in [9.17, 15) is 199 Å². The number of rotatable bonds is 27. The van der Waals surface area contributed by atoms with Crippen molar-refractivity contribution in [1.82, 2.24) is 5.32 Å². The van der Waals surface area contributed by atoms with E-state index in [2.05, 4.69) is 14.7 Å². The molecule has 0 heterocycles. The lowest BCUT2D eigenvalue weighted by Crippen LogP contribution is -2.81. The Balaban J connectivity index is 4.37. The van der Waals surface area contributed by atoms with Crippen LogP contribution in [0, 0.1) is 6.92 Å². The van der Waals surface area contributed by atoms with Crippen LogP contribution in [-0.2, 0) is 25.0 Å². The van der Waals surface area contributed by atoms with Gasteiger partial charge in [-0.15, -0.1) is 0 Å². The maximum atomic E-state index is 15.7. The molecule has 0 saturated heterocycles. The molecule has 0 spiro atoms. The average Bonchev–Trinajstić information content (AvgIpc) is 0.685. The number of hydrogen-bond acceptors (Lipinski definition) is 7. The van der Waals surface area contributed by atoms with Gasteiger partial charge in [-0.3, -0.25) is 9.59 Å². The van der Waals surface area contributed by atoms with Crippen LogP contribution in [0.5, 0.6) is 0 Å². The summed E-state index contributed by atoms with van der Waals surface area (Å²) in [6, 6.07) is -1.27. The smallest absolute Gasteiger partial charge is 0.445 e. The van der Waals surface area contributed by atoms with Gasteiger partial charge in [0.15, 0.2) is 6.73 Å². The van der Waals surface area contributed by atoms with E-state index < -0.39 is 189 Å². The van der Waals surface area contributed by atoms with Gasteiger partial charge in [0, 0.05) is 12.5 Å². The normalized spacial score (nSPS) is 15.9. The second-order valence-corrected chi connectivity index (χ2v) is 17.1. The van der Waals surface area contributed by atoms with E-state index in [-0.39, 0.29) is 13.0 Å². The highest BCUT2D eigenvalue weighted by atomic mass is 19.4. The van der Waals surface area contributed by atoms with Crippen LogP contribution in [-0.4, -0.2) is 161 Å². The lowest BCUT2D eigenvalue weighted by Gasteiger charge is -2.47. The van der Waals surface area contributed by atoms with Crippen molar-refractivity contribution in [3.05, 3.63) is 22.8 Å². The van der Waals surface area contributed by atoms with E-state index in [4.69, 9.17) is 0 Å². The van der Waals surface area contributed by atoms with Crippen molar-refractivity contribution in [3.8, 4) is 0 Å². The van der Waals surface area contributed by atoms with Crippen molar-refractivity contribution in [2.45, 2.75) is 150 Å². The number of benzene rings is 1. The molecule has 1 N–H and O–H groups in total. The summed E-state index contributed by atoms with van der Waals surface area (Å²) < 4.78 is 673. The van der Waals surface area contributed by atoms with Crippen molar-refractivity contribution in [1.29, 1.82) is 0 Å². The molecule has 0 aliphatic rings. The van der Waals surface area contributed by atoms with Crippen molar-refractivity contribution in [2.75, 3.05) is 6.73 Å². The Morgan fingerprint density at radius 3 is 0.769 bits per heavy atom. The quantitative estimate of drug-likeness (QED) is 0.0310. The van der Waals surface area contributed by atoms with Gasteiger partial charge in [-0.25, -0.2) is 9.59 Å². The minimum atomic E-state index is -11.0. The van der Waals surface area contributed by atoms with Gasteiger partial charge in [-0.2, -0.15) is 216 Å². The van der Waals surface area contributed by atoms with Crippen molar-refractivity contribution in [3.63, 3.8) is 0 Å². The summed E-state index contributed by atoms with van der Waals surface area (Å²) >= 11 is 0. The van der Waals surface area contributed by atoms with Crippen LogP contribution in [0.3, 0.4) is 0 Å². The zero-order valence-corrected chi connectivity index (χ0v) is 40.5. The molecule has 8 nitrogen and oxygen atoms in total. The van der Waals surface area contributed by atoms with Gasteiger partial charge in [-0.05, 0) is 18.6 Å². The first kappa shape index (κ1) is 82.6. The van der Waals surface area contributed by atoms with Crippen LogP contribution in [0.25, 0.3) is 0 Å². The van der Waals surface area contributed by atoms with Gasteiger partial charge < -0.3 is 10.1 Å². The number of hydrogen-bond donors (Lipinski definition) is 1. The number of nitrogens with one attached hydrogen (secondary N) is 1. The molecule has 1 aromatic carbocycles. The molecule has 0 aliphatic carbocycles. The second kappa shape index (κ2) is 22.1. The highest BCUT2D eigenvalue weighted by molar-refractivity contribution is 6.00. The summed E-state index contributed by atoms with van der Waals surface area (Å²) in [4.78, 5) is 50.1. The summed E-state index contributed by atoms with van der Waals surface area (Å²) in [6.45, 7) is -1.49. The van der Waals surface area contributed by atoms with Crippen LogP contribution < -0.4 is 5.32 Å². The molecule has 528 valence electrons. The van der Waals surface area contributed by atoms with E-state index >= 15 is 26.3 Å². The number of carbonyl (C=O) groups excluding carboxylic acids is 4. The Labute approximate surface area is 461 Å². The fraction of sp³-hybridized carbons (Fsp3) is 0.722. The fourth-order valence-electron chi connectivity index (χ4n) is 6.23. The predicted octanol–water partition coefficient (Wildman–Crippen LogP) is 16.2. The number of nitrogens with zero attached hydrogens (tertiary/aromatic N) is 2. The Hall–Kier alpha value is -6.37. The van der Waals surface area contributed by atoms with Crippen LogP contribution >= 0.6 is 0 Å². The summed E-state index contributed by atoms with van der Waals surface area (Å²) in [7, 11) is 0. The first-order valence-corrected chi connectivity index (χ1v) is 20.3. The third kappa shape index (κ3) is 10.2. The number of aliphatic imine (C=N–C) groups is 2. The van der Waals surface area contributed by atoms with Gasteiger partial charge in [0.1, 0.15) is 11.4 Å². The largest absolute Gasteiger partial charge is 0.460 e. The molecule has 0 radical (unpaired) electrons. The molecule has 91 heavy (non-hydrogen) atoms. The number of carbonyl (C=O) groups is 2. The first-order chi connectivity index (χ1) is 39.1. The lowest BCUT2D eigenvalue weighted by molar-refractivity contribution is -0.498. The number of alkyl halides is 47. The molecule has 0 fully saturated rings. The Morgan fingerprint density at radius 1 is 0.363 bits per heavy atom. The molecule has 55 heteroatoms. The topological polar surface area (TPSA) is 114 Å². The summed E-state index contributed by atoms with van der Waals surface area (Å²) in [5.41, 5.74) is -12.1. The number of isocyanates is 2. The molecular formula is C36H10F47N3O5. The second-order valence-electron chi connectivity index (χ2n) is 17.1. The van der Waals surface area contributed by atoms with Crippen molar-refractivity contribution in [2.24, 2.45) is 9.98 Å². The minimum absolute atomic E-state index is 0.0745.